The monoisotopic (exact) mass is 182 g/mol. The minimum Gasteiger partial charge on any atom is -0.487 e. The molecule has 13 heavy (non-hydrogen) atoms. The van der Waals surface area contributed by atoms with E-state index in [2.05, 4.69) is 0 Å². The van der Waals surface area contributed by atoms with Crippen molar-refractivity contribution in [2.24, 2.45) is 0 Å². The third kappa shape index (κ3) is 1.52. The Balaban J connectivity index is 2.29. The van der Waals surface area contributed by atoms with E-state index in [9.17, 15) is 4.39 Å². The number of halogens is 1. The van der Waals surface area contributed by atoms with Crippen molar-refractivity contribution in [3.8, 4) is 5.75 Å². The molecule has 4 heteroatoms. The Morgan fingerprint density at radius 2 is 2.00 bits per heavy atom. The summed E-state index contributed by atoms with van der Waals surface area (Å²) in [6, 6.07) is 3.06. The fraction of sp³-hybridized carbons (Fsp3) is 0.333. The molecule has 1 aromatic carbocycles. The van der Waals surface area contributed by atoms with Gasteiger partial charge in [0.05, 0.1) is 17.5 Å². The summed E-state index contributed by atoms with van der Waals surface area (Å²) < 4.78 is 18.6. The van der Waals surface area contributed by atoms with Crippen LogP contribution in [0.4, 0.5) is 15.8 Å². The number of rotatable bonds is 2. The Labute approximate surface area is 75.5 Å². The first kappa shape index (κ1) is 8.16. The van der Waals surface area contributed by atoms with E-state index in [4.69, 9.17) is 16.2 Å². The van der Waals surface area contributed by atoms with Crippen molar-refractivity contribution in [2.45, 2.75) is 18.9 Å². The molecule has 4 N–H and O–H groups in total. The van der Waals surface area contributed by atoms with Crippen LogP contribution in [0, 0.1) is 5.82 Å². The van der Waals surface area contributed by atoms with Crippen molar-refractivity contribution in [1.82, 2.24) is 0 Å². The van der Waals surface area contributed by atoms with Crippen LogP contribution in [0.3, 0.4) is 0 Å². The second-order valence-electron chi connectivity index (χ2n) is 3.20. The number of anilines is 2. The number of ether oxygens (including phenoxy) is 1. The standard InChI is InChI=1S/C9H11FN2O/c10-8-7(13-5-1-2-5)4-3-6(11)9(8)12/h3-5H,1-2,11-12H2. The van der Waals surface area contributed by atoms with Gasteiger partial charge in [-0.3, -0.25) is 0 Å². The van der Waals surface area contributed by atoms with Gasteiger partial charge in [0.25, 0.3) is 0 Å². The molecule has 0 amide bonds. The van der Waals surface area contributed by atoms with Crippen LogP contribution >= 0.6 is 0 Å². The van der Waals surface area contributed by atoms with Crippen molar-refractivity contribution in [1.29, 1.82) is 0 Å². The number of hydrogen-bond acceptors (Lipinski definition) is 3. The van der Waals surface area contributed by atoms with E-state index in [1.54, 1.807) is 6.07 Å². The quantitative estimate of drug-likeness (QED) is 0.682. The van der Waals surface area contributed by atoms with Crippen molar-refractivity contribution in [2.75, 3.05) is 11.5 Å². The molecule has 1 saturated carbocycles. The van der Waals surface area contributed by atoms with Crippen LogP contribution in [0.15, 0.2) is 12.1 Å². The zero-order valence-corrected chi connectivity index (χ0v) is 7.09. The van der Waals surface area contributed by atoms with Gasteiger partial charge in [-0.1, -0.05) is 0 Å². The molecule has 0 radical (unpaired) electrons. The van der Waals surface area contributed by atoms with Gasteiger partial charge in [0.15, 0.2) is 11.6 Å². The van der Waals surface area contributed by atoms with Gasteiger partial charge in [-0.2, -0.15) is 0 Å². The molecule has 1 aliphatic rings. The molecule has 0 spiro atoms. The minimum absolute atomic E-state index is 0.0295. The topological polar surface area (TPSA) is 61.3 Å². The minimum atomic E-state index is -0.549. The Morgan fingerprint density at radius 1 is 1.31 bits per heavy atom. The summed E-state index contributed by atoms with van der Waals surface area (Å²) in [7, 11) is 0. The van der Waals surface area contributed by atoms with Crippen LogP contribution in [-0.2, 0) is 0 Å². The zero-order valence-electron chi connectivity index (χ0n) is 7.09. The van der Waals surface area contributed by atoms with Gasteiger partial charge in [0, 0.05) is 0 Å². The fourth-order valence-electron chi connectivity index (χ4n) is 1.04. The molecule has 0 heterocycles. The molecule has 2 rings (SSSR count). The molecule has 0 saturated heterocycles. The first-order valence-electron chi connectivity index (χ1n) is 4.18. The Kier molecular flexibility index (Phi) is 1.76. The molecule has 0 unspecified atom stereocenters. The van der Waals surface area contributed by atoms with Gasteiger partial charge in [-0.15, -0.1) is 0 Å². The van der Waals surface area contributed by atoms with Crippen LogP contribution in [0.1, 0.15) is 12.8 Å². The second kappa shape index (κ2) is 2.80. The number of hydrogen-bond donors (Lipinski definition) is 2. The van der Waals surface area contributed by atoms with E-state index < -0.39 is 5.82 Å². The fourth-order valence-corrected chi connectivity index (χ4v) is 1.04. The highest BCUT2D eigenvalue weighted by Crippen LogP contribution is 2.32. The molecule has 0 aromatic heterocycles. The highest BCUT2D eigenvalue weighted by Gasteiger charge is 2.25. The Hall–Kier alpha value is -1.45. The maximum absolute atomic E-state index is 13.3. The van der Waals surface area contributed by atoms with Crippen LogP contribution < -0.4 is 16.2 Å². The lowest BCUT2D eigenvalue weighted by atomic mass is 10.2. The van der Waals surface area contributed by atoms with Crippen LogP contribution in [0.2, 0.25) is 0 Å². The summed E-state index contributed by atoms with van der Waals surface area (Å²) in [6.45, 7) is 0. The lowest BCUT2D eigenvalue weighted by Gasteiger charge is -2.08. The smallest absolute Gasteiger partial charge is 0.190 e. The van der Waals surface area contributed by atoms with E-state index in [0.717, 1.165) is 12.8 Å². The summed E-state index contributed by atoms with van der Waals surface area (Å²) in [4.78, 5) is 0. The number of nitrogen functional groups attached to an aromatic ring is 2. The average molecular weight is 182 g/mol. The van der Waals surface area contributed by atoms with Crippen molar-refractivity contribution in [3.63, 3.8) is 0 Å². The normalized spacial score (nSPS) is 15.8. The van der Waals surface area contributed by atoms with Crippen LogP contribution in [0.25, 0.3) is 0 Å². The van der Waals surface area contributed by atoms with E-state index in [1.807, 2.05) is 0 Å². The summed E-state index contributed by atoms with van der Waals surface area (Å²) in [6.07, 6.45) is 2.14. The molecule has 3 nitrogen and oxygen atoms in total. The predicted molar refractivity (Wildman–Crippen MR) is 48.9 cm³/mol. The zero-order chi connectivity index (χ0) is 9.42. The Morgan fingerprint density at radius 3 is 2.62 bits per heavy atom. The molecule has 1 aromatic rings. The molecule has 0 bridgehead atoms. The van der Waals surface area contributed by atoms with Gasteiger partial charge >= 0.3 is 0 Å². The van der Waals surface area contributed by atoms with Gasteiger partial charge in [-0.25, -0.2) is 4.39 Å². The maximum Gasteiger partial charge on any atom is 0.190 e. The summed E-state index contributed by atoms with van der Waals surface area (Å²) in [5.74, 6) is -0.346. The number of nitrogens with two attached hydrogens (primary N) is 2. The maximum atomic E-state index is 13.3. The predicted octanol–water partition coefficient (Wildman–Crippen LogP) is 1.53. The van der Waals surface area contributed by atoms with E-state index in [-0.39, 0.29) is 23.2 Å². The third-order valence-corrected chi connectivity index (χ3v) is 2.00. The van der Waals surface area contributed by atoms with Crippen molar-refractivity contribution in [3.05, 3.63) is 17.9 Å². The van der Waals surface area contributed by atoms with E-state index in [0.29, 0.717) is 0 Å². The first-order valence-corrected chi connectivity index (χ1v) is 4.18. The van der Waals surface area contributed by atoms with Crippen molar-refractivity contribution >= 4 is 11.4 Å². The molecule has 1 fully saturated rings. The molecule has 1 aliphatic carbocycles. The number of benzene rings is 1. The van der Waals surface area contributed by atoms with Gasteiger partial charge in [-0.05, 0) is 25.0 Å². The SMILES string of the molecule is Nc1ccc(OC2CC2)c(F)c1N. The lowest BCUT2D eigenvalue weighted by molar-refractivity contribution is 0.288. The Bertz CT molecular complexity index is 337. The molecule has 0 aliphatic heterocycles. The first-order chi connectivity index (χ1) is 6.18. The van der Waals surface area contributed by atoms with Crippen LogP contribution in [-0.4, -0.2) is 6.10 Å². The molecular formula is C9H11FN2O. The summed E-state index contributed by atoms with van der Waals surface area (Å²) in [5.41, 5.74) is 11.0. The summed E-state index contributed by atoms with van der Waals surface area (Å²) >= 11 is 0. The molecule has 70 valence electrons. The molecular weight excluding hydrogens is 171 g/mol. The van der Waals surface area contributed by atoms with Gasteiger partial charge in [0.1, 0.15) is 0 Å². The second-order valence-corrected chi connectivity index (χ2v) is 3.20. The van der Waals surface area contributed by atoms with E-state index in [1.165, 1.54) is 6.07 Å². The highest BCUT2D eigenvalue weighted by molar-refractivity contribution is 5.66. The molecule has 0 atom stereocenters. The summed E-state index contributed by atoms with van der Waals surface area (Å²) in [5, 5.41) is 0. The van der Waals surface area contributed by atoms with Gasteiger partial charge in [0.2, 0.25) is 0 Å². The lowest BCUT2D eigenvalue weighted by Crippen LogP contribution is -2.03. The van der Waals surface area contributed by atoms with Crippen LogP contribution in [0.5, 0.6) is 5.75 Å². The third-order valence-electron chi connectivity index (χ3n) is 2.00. The highest BCUT2D eigenvalue weighted by atomic mass is 19.1. The van der Waals surface area contributed by atoms with E-state index >= 15 is 0 Å². The largest absolute Gasteiger partial charge is 0.487 e. The average Bonchev–Trinajstić information content (AvgIpc) is 2.90. The van der Waals surface area contributed by atoms with Gasteiger partial charge < -0.3 is 16.2 Å². The van der Waals surface area contributed by atoms with Crippen molar-refractivity contribution < 1.29 is 9.13 Å².